The van der Waals surface area contributed by atoms with Gasteiger partial charge < -0.3 is 15.5 Å². The molecular formula is C25H19ClF6N8O. The van der Waals surface area contributed by atoms with E-state index in [9.17, 15) is 31.1 Å². The van der Waals surface area contributed by atoms with E-state index in [-0.39, 0.29) is 63.9 Å². The molecule has 1 aliphatic carbocycles. The molecule has 0 spiro atoms. The fourth-order valence-electron chi connectivity index (χ4n) is 5.33. The summed E-state index contributed by atoms with van der Waals surface area (Å²) in [4.78, 5) is 35.0. The van der Waals surface area contributed by atoms with Gasteiger partial charge in [-0.15, -0.1) is 0 Å². The summed E-state index contributed by atoms with van der Waals surface area (Å²) in [7, 11) is 0. The molecule has 4 aromatic rings. The van der Waals surface area contributed by atoms with Gasteiger partial charge in [-0.25, -0.2) is 19.9 Å². The van der Waals surface area contributed by atoms with Gasteiger partial charge in [-0.2, -0.15) is 26.3 Å². The number of nitrogens with two attached hydrogens (primary N) is 1. The van der Waals surface area contributed by atoms with Gasteiger partial charge >= 0.3 is 12.4 Å². The van der Waals surface area contributed by atoms with Crippen LogP contribution in [0.5, 0.6) is 0 Å². The van der Waals surface area contributed by atoms with E-state index < -0.39 is 35.7 Å². The number of hydrogen-bond acceptors (Lipinski definition) is 7. The van der Waals surface area contributed by atoms with Crippen LogP contribution in [0.3, 0.4) is 0 Å². The highest BCUT2D eigenvalue weighted by Crippen LogP contribution is 2.58. The van der Waals surface area contributed by atoms with Crippen molar-refractivity contribution in [3.05, 3.63) is 58.4 Å². The number of halogens is 7. The number of fused-ring (bicyclic) bond motifs is 2. The number of nitrogen functional groups attached to an aromatic ring is 1. The number of nitrogens with one attached hydrogen (secondary N) is 1. The molecule has 1 amide bonds. The Balaban J connectivity index is 1.44. The number of carbonyl (C=O) groups is 1. The standard InChI is InChI=1S/C25H19ClF6N8O/c26-13-8-12(25(30,31)32)9-35-17(13)24(11-3-4-11)16-18(33)37-19(38-20(16)39-22(24)41)15-10-40-7-6-34-21(40)14(36-15)2-1-5-23(27,28)29/h6-11H,1-5H2,(H3,33,37,38,39,41). The third-order valence-electron chi connectivity index (χ3n) is 7.20. The molecule has 1 saturated carbocycles. The predicted octanol–water partition coefficient (Wildman–Crippen LogP) is 5.37. The first-order chi connectivity index (χ1) is 19.3. The lowest BCUT2D eigenvalue weighted by atomic mass is 9.74. The molecule has 41 heavy (non-hydrogen) atoms. The average Bonchev–Trinajstić information content (AvgIpc) is 3.53. The molecule has 0 saturated heterocycles. The van der Waals surface area contributed by atoms with Crippen molar-refractivity contribution in [2.45, 2.75) is 49.9 Å². The van der Waals surface area contributed by atoms with Crippen molar-refractivity contribution in [3.8, 4) is 11.5 Å². The molecule has 9 nitrogen and oxygen atoms in total. The fourth-order valence-corrected chi connectivity index (χ4v) is 5.64. The Morgan fingerprint density at radius 3 is 2.54 bits per heavy atom. The van der Waals surface area contributed by atoms with E-state index in [0.29, 0.717) is 24.7 Å². The third-order valence-corrected chi connectivity index (χ3v) is 7.49. The molecule has 1 aliphatic heterocycles. The zero-order valence-corrected chi connectivity index (χ0v) is 21.6. The molecule has 5 heterocycles. The lowest BCUT2D eigenvalue weighted by Crippen LogP contribution is -2.40. The predicted molar refractivity (Wildman–Crippen MR) is 134 cm³/mol. The number of amides is 1. The number of anilines is 2. The Hall–Kier alpha value is -4.01. The number of carbonyl (C=O) groups excluding carboxylic acids is 1. The normalized spacial score (nSPS) is 19.0. The van der Waals surface area contributed by atoms with Crippen molar-refractivity contribution in [1.82, 2.24) is 29.3 Å². The van der Waals surface area contributed by atoms with E-state index in [1.807, 2.05) is 0 Å². The van der Waals surface area contributed by atoms with Gasteiger partial charge in [0.15, 0.2) is 11.5 Å². The number of imidazole rings is 1. The maximum Gasteiger partial charge on any atom is 0.417 e. The summed E-state index contributed by atoms with van der Waals surface area (Å²) in [6.45, 7) is 0. The van der Waals surface area contributed by atoms with Crippen LogP contribution in [-0.4, -0.2) is 41.4 Å². The second-order valence-corrected chi connectivity index (χ2v) is 10.4. The van der Waals surface area contributed by atoms with Crippen molar-refractivity contribution in [2.75, 3.05) is 11.1 Å². The quantitative estimate of drug-likeness (QED) is 0.287. The molecule has 6 rings (SSSR count). The van der Waals surface area contributed by atoms with Crippen LogP contribution in [-0.2, 0) is 22.8 Å². The monoisotopic (exact) mass is 596 g/mol. The number of rotatable bonds is 6. The van der Waals surface area contributed by atoms with E-state index in [0.717, 1.165) is 6.07 Å². The number of pyridine rings is 1. The van der Waals surface area contributed by atoms with Crippen LogP contribution in [0.1, 0.15) is 48.2 Å². The van der Waals surface area contributed by atoms with E-state index in [2.05, 4.69) is 30.2 Å². The Morgan fingerprint density at radius 1 is 1.12 bits per heavy atom. The SMILES string of the molecule is Nc1nc(-c2cn3ccnc3c(CCCC(F)(F)F)n2)nc2c1C(c1ncc(C(F)(F)F)cc1Cl)(C1CC1)C(=O)N2. The Bertz CT molecular complexity index is 1700. The topological polar surface area (TPSA) is 124 Å². The summed E-state index contributed by atoms with van der Waals surface area (Å²) < 4.78 is 79.6. The van der Waals surface area contributed by atoms with Gasteiger partial charge in [0.1, 0.15) is 22.7 Å². The zero-order chi connectivity index (χ0) is 29.3. The number of aryl methyl sites for hydroxylation is 1. The van der Waals surface area contributed by atoms with E-state index in [1.54, 1.807) is 10.6 Å². The third kappa shape index (κ3) is 4.61. The molecule has 0 radical (unpaired) electrons. The van der Waals surface area contributed by atoms with E-state index in [1.165, 1.54) is 12.4 Å². The van der Waals surface area contributed by atoms with Crippen LogP contribution >= 0.6 is 11.6 Å². The van der Waals surface area contributed by atoms with Crippen molar-refractivity contribution >= 4 is 34.8 Å². The summed E-state index contributed by atoms with van der Waals surface area (Å²) in [5.74, 6) is -1.10. The van der Waals surface area contributed by atoms with Gasteiger partial charge in [0, 0.05) is 31.2 Å². The molecule has 2 aliphatic rings. The summed E-state index contributed by atoms with van der Waals surface area (Å²) in [6, 6.07) is 0.718. The first kappa shape index (κ1) is 27.2. The largest absolute Gasteiger partial charge is 0.417 e. The van der Waals surface area contributed by atoms with Crippen molar-refractivity contribution in [3.63, 3.8) is 0 Å². The van der Waals surface area contributed by atoms with Gasteiger partial charge in [0.2, 0.25) is 5.91 Å². The first-order valence-electron chi connectivity index (χ1n) is 12.4. The molecule has 3 N–H and O–H groups in total. The number of alkyl halides is 6. The number of hydrogen-bond donors (Lipinski definition) is 2. The van der Waals surface area contributed by atoms with Crippen molar-refractivity contribution in [1.29, 1.82) is 0 Å². The van der Waals surface area contributed by atoms with Gasteiger partial charge in [0.05, 0.1) is 27.5 Å². The molecule has 214 valence electrons. The second kappa shape index (κ2) is 9.26. The van der Waals surface area contributed by atoms with Crippen LogP contribution in [0.4, 0.5) is 38.0 Å². The zero-order valence-electron chi connectivity index (χ0n) is 20.8. The highest BCUT2D eigenvalue weighted by atomic mass is 35.5. The van der Waals surface area contributed by atoms with Gasteiger partial charge in [0.25, 0.3) is 0 Å². The van der Waals surface area contributed by atoms with Crippen LogP contribution in [0.25, 0.3) is 17.2 Å². The van der Waals surface area contributed by atoms with Crippen LogP contribution in [0.2, 0.25) is 5.02 Å². The summed E-state index contributed by atoms with van der Waals surface area (Å²) in [5.41, 5.74) is 4.60. The Morgan fingerprint density at radius 2 is 1.88 bits per heavy atom. The molecule has 1 atom stereocenters. The maximum absolute atomic E-state index is 13.6. The average molecular weight is 597 g/mol. The second-order valence-electron chi connectivity index (χ2n) is 9.94. The maximum atomic E-state index is 13.6. The van der Waals surface area contributed by atoms with E-state index in [4.69, 9.17) is 17.3 Å². The van der Waals surface area contributed by atoms with Gasteiger partial charge in [-0.1, -0.05) is 11.6 Å². The molecular weight excluding hydrogens is 578 g/mol. The van der Waals surface area contributed by atoms with Crippen molar-refractivity contribution < 1.29 is 31.1 Å². The lowest BCUT2D eigenvalue weighted by molar-refractivity contribution is -0.138. The number of aromatic nitrogens is 6. The van der Waals surface area contributed by atoms with Crippen molar-refractivity contribution in [2.24, 2.45) is 5.92 Å². The fraction of sp³-hybridized carbons (Fsp3) is 0.360. The molecule has 0 aromatic carbocycles. The summed E-state index contributed by atoms with van der Waals surface area (Å²) in [5, 5.41) is 2.31. The van der Waals surface area contributed by atoms with Gasteiger partial charge in [-0.05, 0) is 37.7 Å². The molecule has 1 fully saturated rings. The summed E-state index contributed by atoms with van der Waals surface area (Å²) in [6.07, 6.45) is -3.92. The van der Waals surface area contributed by atoms with E-state index >= 15 is 0 Å². The summed E-state index contributed by atoms with van der Waals surface area (Å²) >= 11 is 6.31. The minimum atomic E-state index is -4.69. The van der Waals surface area contributed by atoms with Crippen LogP contribution < -0.4 is 11.1 Å². The molecule has 4 aromatic heterocycles. The highest BCUT2D eigenvalue weighted by Gasteiger charge is 2.61. The molecule has 16 heteroatoms. The smallest absolute Gasteiger partial charge is 0.383 e. The number of nitrogens with zero attached hydrogens (tertiary/aromatic N) is 6. The van der Waals surface area contributed by atoms with Crippen LogP contribution in [0, 0.1) is 5.92 Å². The minimum Gasteiger partial charge on any atom is -0.383 e. The van der Waals surface area contributed by atoms with Crippen LogP contribution in [0.15, 0.2) is 30.9 Å². The van der Waals surface area contributed by atoms with Gasteiger partial charge in [-0.3, -0.25) is 9.78 Å². The first-order valence-corrected chi connectivity index (χ1v) is 12.8. The molecule has 1 unspecified atom stereocenters. The lowest BCUT2D eigenvalue weighted by Gasteiger charge is -2.28. The highest BCUT2D eigenvalue weighted by molar-refractivity contribution is 6.32. The Labute approximate surface area is 232 Å². The minimum absolute atomic E-state index is 0.0199. The Kier molecular flexibility index (Phi) is 6.14. The molecule has 0 bridgehead atoms.